The highest BCUT2D eigenvalue weighted by Gasteiger charge is 2.58. The van der Waals surface area contributed by atoms with Gasteiger partial charge in [0.1, 0.15) is 45.7 Å². The molecule has 2 aliphatic rings. The molecule has 0 amide bonds. The number of ketones is 4. The molecule has 130 valence electrons. The highest BCUT2D eigenvalue weighted by atomic mass is 16.5. The highest BCUT2D eigenvalue weighted by Crippen LogP contribution is 2.57. The van der Waals surface area contributed by atoms with Crippen molar-refractivity contribution in [3.05, 3.63) is 28.5 Å². The molecule has 25 heavy (non-hydrogen) atoms. The smallest absolute Gasteiger partial charge is 0.177 e. The Kier molecular flexibility index (Phi) is 3.39. The lowest BCUT2D eigenvalue weighted by Crippen LogP contribution is -2.47. The van der Waals surface area contributed by atoms with Crippen LogP contribution in [0.3, 0.4) is 0 Å². The van der Waals surface area contributed by atoms with Gasteiger partial charge in [-0.2, -0.15) is 0 Å². The number of carbonyl (C=O) groups excluding carboxylic acids is 4. The van der Waals surface area contributed by atoms with Gasteiger partial charge in [0.05, 0.1) is 5.56 Å². The standard InChI is InChI=1S/C18H16O7/c1-6-14(22)12(8(3)20)16-13(15(6)23)18(4)10(25-16)5-9(21)11(7(2)19)17(18)24/h5,11,22-23H,1-4H3/t11-,18-/m0/s1. The normalized spacial score (nSPS) is 24.3. The van der Waals surface area contributed by atoms with Crippen LogP contribution < -0.4 is 4.74 Å². The van der Waals surface area contributed by atoms with Crippen molar-refractivity contribution < 1.29 is 34.1 Å². The summed E-state index contributed by atoms with van der Waals surface area (Å²) in [5.74, 6) is -5.15. The van der Waals surface area contributed by atoms with Gasteiger partial charge in [-0.3, -0.25) is 19.2 Å². The number of phenols is 2. The molecule has 0 aromatic heterocycles. The van der Waals surface area contributed by atoms with Crippen LogP contribution in [0.5, 0.6) is 17.2 Å². The minimum atomic E-state index is -1.59. The van der Waals surface area contributed by atoms with Crippen LogP contribution in [0.2, 0.25) is 0 Å². The highest BCUT2D eigenvalue weighted by molar-refractivity contribution is 6.27. The van der Waals surface area contributed by atoms with Gasteiger partial charge >= 0.3 is 0 Å². The third-order valence-electron chi connectivity index (χ3n) is 4.91. The topological polar surface area (TPSA) is 118 Å². The predicted molar refractivity (Wildman–Crippen MR) is 84.8 cm³/mol. The summed E-state index contributed by atoms with van der Waals surface area (Å²) in [6, 6.07) is 0. The molecule has 0 bridgehead atoms. The number of benzene rings is 1. The largest absolute Gasteiger partial charge is 0.507 e. The van der Waals surface area contributed by atoms with Gasteiger partial charge in [0.25, 0.3) is 0 Å². The molecule has 0 saturated carbocycles. The molecule has 0 radical (unpaired) electrons. The Balaban J connectivity index is 2.41. The van der Waals surface area contributed by atoms with Gasteiger partial charge < -0.3 is 14.9 Å². The van der Waals surface area contributed by atoms with E-state index in [1.807, 2.05) is 0 Å². The Morgan fingerprint density at radius 1 is 1.16 bits per heavy atom. The fourth-order valence-corrected chi connectivity index (χ4v) is 3.49. The SMILES string of the molecule is CC(=O)c1c(O)c(C)c(O)c2c1OC1=CC(=O)[C@H](C(C)=O)C(=O)[C@@]12C. The van der Waals surface area contributed by atoms with Crippen LogP contribution >= 0.6 is 0 Å². The molecule has 2 atom stereocenters. The first kappa shape index (κ1) is 16.9. The summed E-state index contributed by atoms with van der Waals surface area (Å²) in [5.41, 5.74) is -1.77. The number of phenolic OH excluding ortho intramolecular Hbond substituents is 2. The molecular formula is C18H16O7. The number of ether oxygens (including phenoxy) is 1. The zero-order chi connectivity index (χ0) is 18.8. The quantitative estimate of drug-likeness (QED) is 0.616. The second kappa shape index (κ2) is 5.02. The van der Waals surface area contributed by atoms with Crippen LogP contribution in [-0.4, -0.2) is 33.3 Å². The van der Waals surface area contributed by atoms with Gasteiger partial charge in [-0.1, -0.05) is 0 Å². The predicted octanol–water partition coefficient (Wildman–Crippen LogP) is 1.50. The number of aromatic hydroxyl groups is 2. The molecule has 3 rings (SSSR count). The van der Waals surface area contributed by atoms with Crippen LogP contribution in [0.4, 0.5) is 0 Å². The van der Waals surface area contributed by atoms with E-state index in [1.165, 1.54) is 20.8 Å². The summed E-state index contributed by atoms with van der Waals surface area (Å²) in [7, 11) is 0. The number of hydrogen-bond acceptors (Lipinski definition) is 7. The van der Waals surface area contributed by atoms with Gasteiger partial charge in [-0.25, -0.2) is 0 Å². The molecule has 1 aliphatic carbocycles. The average Bonchev–Trinajstić information content (AvgIpc) is 2.78. The lowest BCUT2D eigenvalue weighted by Gasteiger charge is -2.30. The summed E-state index contributed by atoms with van der Waals surface area (Å²) in [6.07, 6.45) is 1.04. The van der Waals surface area contributed by atoms with E-state index in [9.17, 15) is 29.4 Å². The number of Topliss-reactive ketones (excluding diaryl/α,β-unsaturated/α-hetero) is 3. The van der Waals surface area contributed by atoms with E-state index in [4.69, 9.17) is 4.74 Å². The maximum atomic E-state index is 13.0. The van der Waals surface area contributed by atoms with Gasteiger partial charge in [-0.15, -0.1) is 0 Å². The molecule has 1 heterocycles. The first-order valence-corrected chi connectivity index (χ1v) is 7.62. The number of hydrogen-bond donors (Lipinski definition) is 2. The van der Waals surface area contributed by atoms with E-state index in [1.54, 1.807) is 0 Å². The monoisotopic (exact) mass is 344 g/mol. The molecule has 0 saturated heterocycles. The molecule has 2 N–H and O–H groups in total. The Labute approximate surface area is 142 Å². The number of fused-ring (bicyclic) bond motifs is 3. The van der Waals surface area contributed by atoms with Crippen molar-refractivity contribution in [2.75, 3.05) is 0 Å². The molecule has 1 aromatic carbocycles. The fourth-order valence-electron chi connectivity index (χ4n) is 3.49. The maximum absolute atomic E-state index is 13.0. The molecule has 7 nitrogen and oxygen atoms in total. The van der Waals surface area contributed by atoms with Crippen LogP contribution in [0, 0.1) is 12.8 Å². The number of allylic oxidation sites excluding steroid dienone is 2. The first-order valence-electron chi connectivity index (χ1n) is 7.62. The van der Waals surface area contributed by atoms with E-state index in [0.29, 0.717) is 0 Å². The molecule has 0 unspecified atom stereocenters. The van der Waals surface area contributed by atoms with Crippen molar-refractivity contribution in [2.45, 2.75) is 33.1 Å². The van der Waals surface area contributed by atoms with Crippen molar-refractivity contribution >= 4 is 23.1 Å². The second-order valence-corrected chi connectivity index (χ2v) is 6.50. The lowest BCUT2D eigenvalue weighted by atomic mass is 9.67. The van der Waals surface area contributed by atoms with Crippen molar-refractivity contribution in [1.29, 1.82) is 0 Å². The Morgan fingerprint density at radius 2 is 1.76 bits per heavy atom. The van der Waals surface area contributed by atoms with Gasteiger partial charge in [0.15, 0.2) is 17.3 Å². The summed E-state index contributed by atoms with van der Waals surface area (Å²) in [5, 5.41) is 20.7. The molecule has 0 fully saturated rings. The third-order valence-corrected chi connectivity index (χ3v) is 4.91. The Hall–Kier alpha value is -2.96. The fraction of sp³-hybridized carbons (Fsp3) is 0.333. The summed E-state index contributed by atoms with van der Waals surface area (Å²) >= 11 is 0. The second-order valence-electron chi connectivity index (χ2n) is 6.50. The van der Waals surface area contributed by atoms with E-state index in [-0.39, 0.29) is 28.2 Å². The van der Waals surface area contributed by atoms with Crippen molar-refractivity contribution in [1.82, 2.24) is 0 Å². The molecule has 7 heteroatoms. The van der Waals surface area contributed by atoms with Gasteiger partial charge in [0, 0.05) is 11.6 Å². The van der Waals surface area contributed by atoms with Crippen LogP contribution in [-0.2, 0) is 19.8 Å². The molecule has 1 aromatic rings. The van der Waals surface area contributed by atoms with Crippen molar-refractivity contribution in [3.8, 4) is 17.2 Å². The average molecular weight is 344 g/mol. The van der Waals surface area contributed by atoms with E-state index in [0.717, 1.165) is 13.0 Å². The molecule has 1 aliphatic heterocycles. The lowest BCUT2D eigenvalue weighted by molar-refractivity contribution is -0.140. The Bertz CT molecular complexity index is 922. The maximum Gasteiger partial charge on any atom is 0.177 e. The third kappa shape index (κ3) is 1.92. The zero-order valence-electron chi connectivity index (χ0n) is 14.1. The minimum absolute atomic E-state index is 0.0111. The van der Waals surface area contributed by atoms with Crippen LogP contribution in [0.15, 0.2) is 11.8 Å². The van der Waals surface area contributed by atoms with Gasteiger partial charge in [0.2, 0.25) is 0 Å². The van der Waals surface area contributed by atoms with Crippen LogP contribution in [0.1, 0.15) is 42.3 Å². The molecular weight excluding hydrogens is 328 g/mol. The van der Waals surface area contributed by atoms with Gasteiger partial charge in [-0.05, 0) is 27.7 Å². The summed E-state index contributed by atoms with van der Waals surface area (Å²) in [4.78, 5) is 48.8. The van der Waals surface area contributed by atoms with Crippen LogP contribution in [0.25, 0.3) is 0 Å². The van der Waals surface area contributed by atoms with E-state index < -0.39 is 46.0 Å². The summed E-state index contributed by atoms with van der Waals surface area (Å²) < 4.78 is 5.56. The first-order chi connectivity index (χ1) is 11.5. The summed E-state index contributed by atoms with van der Waals surface area (Å²) in [6.45, 7) is 5.17. The zero-order valence-corrected chi connectivity index (χ0v) is 14.1. The number of rotatable bonds is 2. The Morgan fingerprint density at radius 3 is 2.28 bits per heavy atom. The molecule has 0 spiro atoms. The minimum Gasteiger partial charge on any atom is -0.507 e. The number of carbonyl (C=O) groups is 4. The van der Waals surface area contributed by atoms with E-state index in [2.05, 4.69) is 0 Å². The van der Waals surface area contributed by atoms with Crippen molar-refractivity contribution in [3.63, 3.8) is 0 Å². The van der Waals surface area contributed by atoms with Crippen molar-refractivity contribution in [2.24, 2.45) is 5.92 Å². The van der Waals surface area contributed by atoms with E-state index >= 15 is 0 Å².